The number of rotatable bonds is 6. The van der Waals surface area contributed by atoms with Crippen molar-refractivity contribution in [3.05, 3.63) is 53.6 Å². The molecule has 5 nitrogen and oxygen atoms in total. The second-order valence-corrected chi connectivity index (χ2v) is 11.0. The van der Waals surface area contributed by atoms with Crippen molar-refractivity contribution in [2.45, 2.75) is 43.9 Å². The third kappa shape index (κ3) is 3.85. The Morgan fingerprint density at radius 1 is 1.20 bits per heavy atom. The van der Waals surface area contributed by atoms with Gasteiger partial charge in [0.05, 0.1) is 17.4 Å². The molecule has 2 aromatic carbocycles. The summed E-state index contributed by atoms with van der Waals surface area (Å²) in [5.41, 5.74) is 1.85. The van der Waals surface area contributed by atoms with E-state index in [1.54, 1.807) is 32.2 Å². The molecule has 2 fully saturated rings. The second kappa shape index (κ2) is 7.73. The van der Waals surface area contributed by atoms with Crippen LogP contribution in [0.25, 0.3) is 0 Å². The smallest absolute Gasteiger partial charge is 0.231 e. The monoisotopic (exact) mass is 427 g/mol. The minimum Gasteiger partial charge on any atom is -0.497 e. The third-order valence-electron chi connectivity index (χ3n) is 6.93. The molecule has 4 rings (SSSR count). The normalized spacial score (nSPS) is 25.3. The van der Waals surface area contributed by atoms with E-state index < -0.39 is 15.3 Å². The van der Waals surface area contributed by atoms with Gasteiger partial charge < -0.3 is 10.1 Å². The lowest BCUT2D eigenvalue weighted by atomic mass is 9.68. The van der Waals surface area contributed by atoms with Crippen molar-refractivity contribution in [1.29, 1.82) is 0 Å². The number of carbonyl (C=O) groups excluding carboxylic acids is 1. The van der Waals surface area contributed by atoms with E-state index in [9.17, 15) is 13.2 Å². The standard InChI is InChI=1S/C24H29NO4S/c1-16-7-10-20(13-22(16)30(3,27)28)25-23(26)24(15-18-8-9-19(24)11-18)14-17-5-4-6-21(12-17)29-2/h4-7,10,12-13,18-19H,8-9,11,14-15H2,1-3H3,(H,25,26). The summed E-state index contributed by atoms with van der Waals surface area (Å²) < 4.78 is 29.6. The topological polar surface area (TPSA) is 72.5 Å². The molecule has 2 aliphatic rings. The summed E-state index contributed by atoms with van der Waals surface area (Å²) in [5.74, 6) is 1.74. The minimum absolute atomic E-state index is 0.000763. The quantitative estimate of drug-likeness (QED) is 0.742. The maximum absolute atomic E-state index is 13.6. The number of hydrogen-bond donors (Lipinski definition) is 1. The zero-order valence-corrected chi connectivity index (χ0v) is 18.6. The SMILES string of the molecule is COc1cccc(CC2(C(=O)Nc3ccc(C)c(S(C)(=O)=O)c3)CC3CCC2C3)c1. The molecule has 30 heavy (non-hydrogen) atoms. The van der Waals surface area contributed by atoms with Gasteiger partial charge in [-0.3, -0.25) is 4.79 Å². The van der Waals surface area contributed by atoms with Crippen molar-refractivity contribution in [3.8, 4) is 5.75 Å². The highest BCUT2D eigenvalue weighted by Crippen LogP contribution is 2.57. The van der Waals surface area contributed by atoms with Crippen LogP contribution in [0.3, 0.4) is 0 Å². The summed E-state index contributed by atoms with van der Waals surface area (Å²) >= 11 is 0. The van der Waals surface area contributed by atoms with Gasteiger partial charge in [0.2, 0.25) is 5.91 Å². The van der Waals surface area contributed by atoms with Gasteiger partial charge in [0.25, 0.3) is 0 Å². The molecular formula is C24H29NO4S. The van der Waals surface area contributed by atoms with E-state index in [0.717, 1.165) is 30.6 Å². The molecule has 1 amide bonds. The van der Waals surface area contributed by atoms with Gasteiger partial charge in [0, 0.05) is 11.9 Å². The Hall–Kier alpha value is -2.34. The van der Waals surface area contributed by atoms with Crippen LogP contribution in [0.1, 0.15) is 36.8 Å². The lowest BCUT2D eigenvalue weighted by Crippen LogP contribution is -2.42. The van der Waals surface area contributed by atoms with E-state index in [1.807, 2.05) is 18.2 Å². The van der Waals surface area contributed by atoms with Crippen LogP contribution in [0.5, 0.6) is 5.75 Å². The Balaban J connectivity index is 1.65. The van der Waals surface area contributed by atoms with E-state index in [4.69, 9.17) is 4.74 Å². The molecule has 0 heterocycles. The average Bonchev–Trinajstić information content (AvgIpc) is 3.30. The van der Waals surface area contributed by atoms with Gasteiger partial charge >= 0.3 is 0 Å². The van der Waals surface area contributed by atoms with E-state index in [-0.39, 0.29) is 10.8 Å². The molecule has 2 aliphatic carbocycles. The highest BCUT2D eigenvalue weighted by Gasteiger charge is 2.55. The number of anilines is 1. The molecule has 0 radical (unpaired) electrons. The van der Waals surface area contributed by atoms with Crippen molar-refractivity contribution in [1.82, 2.24) is 0 Å². The summed E-state index contributed by atoms with van der Waals surface area (Å²) in [6, 6.07) is 13.1. The fourth-order valence-electron chi connectivity index (χ4n) is 5.50. The van der Waals surface area contributed by atoms with Crippen molar-refractivity contribution in [2.24, 2.45) is 17.3 Å². The van der Waals surface area contributed by atoms with Crippen LogP contribution >= 0.6 is 0 Å². The lowest BCUT2D eigenvalue weighted by molar-refractivity contribution is -0.128. The summed E-state index contributed by atoms with van der Waals surface area (Å²) in [7, 11) is -1.71. The molecule has 3 atom stereocenters. The Labute approximate surface area is 178 Å². The zero-order chi connectivity index (χ0) is 21.5. The Morgan fingerprint density at radius 3 is 2.63 bits per heavy atom. The molecule has 3 unspecified atom stereocenters. The molecule has 0 saturated heterocycles. The number of sulfone groups is 1. The van der Waals surface area contributed by atoms with Crippen LogP contribution in [0, 0.1) is 24.2 Å². The fourth-order valence-corrected chi connectivity index (χ4v) is 6.49. The van der Waals surface area contributed by atoms with E-state index in [2.05, 4.69) is 11.4 Å². The average molecular weight is 428 g/mol. The van der Waals surface area contributed by atoms with Crippen molar-refractivity contribution in [3.63, 3.8) is 0 Å². The van der Waals surface area contributed by atoms with Gasteiger partial charge in [-0.15, -0.1) is 0 Å². The maximum Gasteiger partial charge on any atom is 0.231 e. The summed E-state index contributed by atoms with van der Waals surface area (Å²) in [4.78, 5) is 13.9. The Morgan fingerprint density at radius 2 is 2.00 bits per heavy atom. The fraction of sp³-hybridized carbons (Fsp3) is 0.458. The predicted octanol–water partition coefficient (Wildman–Crippen LogP) is 4.39. The summed E-state index contributed by atoms with van der Waals surface area (Å²) in [5, 5.41) is 3.06. The first-order valence-corrected chi connectivity index (χ1v) is 12.4. The molecule has 0 aromatic heterocycles. The predicted molar refractivity (Wildman–Crippen MR) is 117 cm³/mol. The first kappa shape index (κ1) is 20.9. The highest BCUT2D eigenvalue weighted by atomic mass is 32.2. The van der Waals surface area contributed by atoms with Gasteiger partial charge in [-0.25, -0.2) is 8.42 Å². The van der Waals surface area contributed by atoms with Gasteiger partial charge in [-0.1, -0.05) is 24.6 Å². The van der Waals surface area contributed by atoms with Crippen LogP contribution in [0.2, 0.25) is 0 Å². The number of aryl methyl sites for hydroxylation is 1. The van der Waals surface area contributed by atoms with Gasteiger partial charge in [-0.05, 0) is 79.8 Å². The van der Waals surface area contributed by atoms with Crippen molar-refractivity contribution >= 4 is 21.4 Å². The number of carbonyl (C=O) groups is 1. The van der Waals surface area contributed by atoms with Crippen LogP contribution < -0.4 is 10.1 Å². The Bertz CT molecular complexity index is 1080. The molecule has 2 saturated carbocycles. The van der Waals surface area contributed by atoms with Crippen LogP contribution in [-0.4, -0.2) is 27.7 Å². The van der Waals surface area contributed by atoms with E-state index >= 15 is 0 Å². The zero-order valence-electron chi connectivity index (χ0n) is 17.8. The molecule has 2 aromatic rings. The van der Waals surface area contributed by atoms with E-state index in [0.29, 0.717) is 29.5 Å². The molecule has 0 spiro atoms. The van der Waals surface area contributed by atoms with Crippen LogP contribution in [0.15, 0.2) is 47.4 Å². The summed E-state index contributed by atoms with van der Waals surface area (Å²) in [6.07, 6.45) is 6.11. The molecule has 1 N–H and O–H groups in total. The van der Waals surface area contributed by atoms with Crippen LogP contribution in [0.4, 0.5) is 5.69 Å². The molecule has 0 aliphatic heterocycles. The van der Waals surface area contributed by atoms with E-state index in [1.165, 1.54) is 12.7 Å². The molecular weight excluding hydrogens is 398 g/mol. The first-order valence-electron chi connectivity index (χ1n) is 10.5. The molecule has 6 heteroatoms. The molecule has 160 valence electrons. The van der Waals surface area contributed by atoms with Crippen LogP contribution in [-0.2, 0) is 21.1 Å². The molecule has 2 bridgehead atoms. The maximum atomic E-state index is 13.6. The highest BCUT2D eigenvalue weighted by molar-refractivity contribution is 7.90. The Kier molecular flexibility index (Phi) is 5.39. The largest absolute Gasteiger partial charge is 0.497 e. The first-order chi connectivity index (χ1) is 14.2. The number of hydrogen-bond acceptors (Lipinski definition) is 4. The van der Waals surface area contributed by atoms with Gasteiger partial charge in [0.1, 0.15) is 5.75 Å². The third-order valence-corrected chi connectivity index (χ3v) is 8.17. The number of amides is 1. The lowest BCUT2D eigenvalue weighted by Gasteiger charge is -2.36. The van der Waals surface area contributed by atoms with Gasteiger partial charge in [0.15, 0.2) is 9.84 Å². The number of benzene rings is 2. The second-order valence-electron chi connectivity index (χ2n) is 8.97. The minimum atomic E-state index is -3.36. The number of nitrogens with one attached hydrogen (secondary N) is 1. The summed E-state index contributed by atoms with van der Waals surface area (Å²) in [6.45, 7) is 1.77. The number of methoxy groups -OCH3 is 1. The number of fused-ring (bicyclic) bond motifs is 2. The van der Waals surface area contributed by atoms with Gasteiger partial charge in [-0.2, -0.15) is 0 Å². The number of ether oxygens (including phenoxy) is 1. The van der Waals surface area contributed by atoms with Crippen molar-refractivity contribution in [2.75, 3.05) is 18.7 Å². The van der Waals surface area contributed by atoms with Crippen molar-refractivity contribution < 1.29 is 17.9 Å².